The van der Waals surface area contributed by atoms with Gasteiger partial charge in [-0.2, -0.15) is 0 Å². The third-order valence-corrected chi connectivity index (χ3v) is 9.41. The summed E-state index contributed by atoms with van der Waals surface area (Å²) in [5.74, 6) is -3.08. The van der Waals surface area contributed by atoms with E-state index in [4.69, 9.17) is 10.2 Å². The standard InChI is InChI=1S/C14H23NO3.C10H16O4/c1-13(2)10(6-7-14(13,3)12(17)18)11(16)15-8-4-5-9-15;1-9(2)6(7(11)12)4-5-10(9,3)8(13)14/h10H,4-9H2,1-3H3,(H,17,18);6H,4-5H2,1-3H3,(H,11,12)(H,13,14)/t10-,14+;/m1./s1. The first-order valence-corrected chi connectivity index (χ1v) is 11.5. The second-order valence-electron chi connectivity index (χ2n) is 11.3. The van der Waals surface area contributed by atoms with Crippen molar-refractivity contribution in [2.24, 2.45) is 33.5 Å². The van der Waals surface area contributed by atoms with Gasteiger partial charge < -0.3 is 20.2 Å². The molecule has 1 aliphatic heterocycles. The Morgan fingerprint density at radius 1 is 0.688 bits per heavy atom. The second kappa shape index (κ2) is 8.67. The smallest absolute Gasteiger partial charge is 0.309 e. The molecule has 8 nitrogen and oxygen atoms in total. The molecule has 3 N–H and O–H groups in total. The van der Waals surface area contributed by atoms with Gasteiger partial charge in [-0.25, -0.2) is 0 Å². The van der Waals surface area contributed by atoms with Crippen LogP contribution in [0, 0.1) is 33.5 Å². The lowest BCUT2D eigenvalue weighted by Crippen LogP contribution is -2.46. The molecule has 0 aromatic heterocycles. The minimum atomic E-state index is -0.921. The number of nitrogens with zero attached hydrogens (tertiary/aromatic N) is 1. The number of likely N-dealkylation sites (tertiary alicyclic amines) is 1. The predicted octanol–water partition coefficient (Wildman–Crippen LogP) is 3.73. The predicted molar refractivity (Wildman–Crippen MR) is 118 cm³/mol. The molecule has 3 rings (SSSR count). The van der Waals surface area contributed by atoms with E-state index in [1.807, 2.05) is 18.7 Å². The minimum absolute atomic E-state index is 0.142. The van der Waals surface area contributed by atoms with Crippen LogP contribution in [0.25, 0.3) is 0 Å². The average Bonchev–Trinajstić information content (AvgIpc) is 3.34. The number of hydrogen-bond acceptors (Lipinski definition) is 4. The molecular formula is C24H39NO7. The molecule has 1 heterocycles. The van der Waals surface area contributed by atoms with Crippen LogP contribution in [0.2, 0.25) is 0 Å². The molecule has 0 radical (unpaired) electrons. The van der Waals surface area contributed by atoms with E-state index in [0.29, 0.717) is 25.7 Å². The van der Waals surface area contributed by atoms with Gasteiger partial charge in [0, 0.05) is 19.0 Å². The molecule has 32 heavy (non-hydrogen) atoms. The third kappa shape index (κ3) is 4.01. The fraction of sp³-hybridized carbons (Fsp3) is 0.833. The van der Waals surface area contributed by atoms with Crippen LogP contribution in [0.15, 0.2) is 0 Å². The summed E-state index contributed by atoms with van der Waals surface area (Å²) in [7, 11) is 0. The van der Waals surface area contributed by atoms with Gasteiger partial charge in [0.05, 0.1) is 16.7 Å². The summed E-state index contributed by atoms with van der Waals surface area (Å²) in [6, 6.07) is 0. The van der Waals surface area contributed by atoms with E-state index in [0.717, 1.165) is 25.9 Å². The van der Waals surface area contributed by atoms with E-state index in [9.17, 15) is 24.3 Å². The summed E-state index contributed by atoms with van der Waals surface area (Å²) in [5, 5.41) is 27.5. The number of carboxylic acid groups (broad SMARTS) is 3. The fourth-order valence-corrected chi connectivity index (χ4v) is 5.79. The van der Waals surface area contributed by atoms with E-state index < -0.39 is 45.5 Å². The van der Waals surface area contributed by atoms with Gasteiger partial charge in [-0.05, 0) is 63.2 Å². The molecule has 0 spiro atoms. The number of rotatable bonds is 4. The van der Waals surface area contributed by atoms with Crippen LogP contribution < -0.4 is 0 Å². The average molecular weight is 454 g/mol. The molecule has 0 aromatic rings. The highest BCUT2D eigenvalue weighted by Gasteiger charge is 2.59. The first kappa shape index (κ1) is 26.1. The molecule has 8 heteroatoms. The van der Waals surface area contributed by atoms with Gasteiger partial charge in [-0.15, -0.1) is 0 Å². The number of carboxylic acids is 3. The largest absolute Gasteiger partial charge is 0.481 e. The molecule has 182 valence electrons. The number of aliphatic carboxylic acids is 3. The summed E-state index contributed by atoms with van der Waals surface area (Å²) in [6.45, 7) is 12.4. The third-order valence-electron chi connectivity index (χ3n) is 9.41. The van der Waals surface area contributed by atoms with Crippen LogP contribution in [-0.4, -0.2) is 57.1 Å². The molecule has 3 aliphatic rings. The number of carbonyl (C=O) groups excluding carboxylic acids is 1. The Bertz CT molecular complexity index is 783. The Balaban J connectivity index is 0.000000235. The Hall–Kier alpha value is -2.12. The maximum absolute atomic E-state index is 12.5. The maximum Gasteiger partial charge on any atom is 0.309 e. The monoisotopic (exact) mass is 453 g/mol. The van der Waals surface area contributed by atoms with Crippen molar-refractivity contribution in [3.05, 3.63) is 0 Å². The molecule has 0 aromatic carbocycles. The van der Waals surface area contributed by atoms with Gasteiger partial charge in [-0.3, -0.25) is 19.2 Å². The zero-order valence-electron chi connectivity index (χ0n) is 20.2. The molecular weight excluding hydrogens is 414 g/mol. The van der Waals surface area contributed by atoms with E-state index in [-0.39, 0.29) is 11.8 Å². The van der Waals surface area contributed by atoms with Crippen molar-refractivity contribution in [2.45, 2.75) is 80.1 Å². The van der Waals surface area contributed by atoms with Crippen molar-refractivity contribution in [2.75, 3.05) is 13.1 Å². The van der Waals surface area contributed by atoms with Crippen molar-refractivity contribution in [3.63, 3.8) is 0 Å². The molecule has 2 unspecified atom stereocenters. The highest BCUT2D eigenvalue weighted by Crippen LogP contribution is 2.57. The molecule has 0 bridgehead atoms. The van der Waals surface area contributed by atoms with Gasteiger partial charge in [0.15, 0.2) is 0 Å². The Kier molecular flexibility index (Phi) is 7.08. The normalized spacial score (nSPS) is 35.1. The zero-order valence-corrected chi connectivity index (χ0v) is 20.2. The zero-order chi connectivity index (χ0) is 24.7. The van der Waals surface area contributed by atoms with Crippen LogP contribution >= 0.6 is 0 Å². The molecule has 1 amide bonds. The summed E-state index contributed by atoms with van der Waals surface area (Å²) < 4.78 is 0. The van der Waals surface area contributed by atoms with Crippen LogP contribution in [0.3, 0.4) is 0 Å². The number of amides is 1. The topological polar surface area (TPSA) is 132 Å². The lowest BCUT2D eigenvalue weighted by molar-refractivity contribution is -0.158. The van der Waals surface area contributed by atoms with Crippen LogP contribution in [0.4, 0.5) is 0 Å². The molecule has 1 saturated heterocycles. The SMILES string of the molecule is CC1(C(=O)O)CCC(C(=O)O)C1(C)C.CC1(C)[C@@H](C(=O)N2CCCC2)CC[C@@]1(C)C(=O)O. The van der Waals surface area contributed by atoms with Crippen molar-refractivity contribution in [1.29, 1.82) is 0 Å². The minimum Gasteiger partial charge on any atom is -0.481 e. The Morgan fingerprint density at radius 3 is 1.38 bits per heavy atom. The molecule has 3 fully saturated rings. The van der Waals surface area contributed by atoms with Crippen LogP contribution in [-0.2, 0) is 19.2 Å². The molecule has 2 saturated carbocycles. The van der Waals surface area contributed by atoms with Crippen molar-refractivity contribution < 1.29 is 34.5 Å². The van der Waals surface area contributed by atoms with Crippen LogP contribution in [0.5, 0.6) is 0 Å². The van der Waals surface area contributed by atoms with Gasteiger partial charge in [0.2, 0.25) is 5.91 Å². The van der Waals surface area contributed by atoms with Crippen LogP contribution in [0.1, 0.15) is 80.1 Å². The Labute approximate surface area is 190 Å². The summed E-state index contributed by atoms with van der Waals surface area (Å²) >= 11 is 0. The van der Waals surface area contributed by atoms with Gasteiger partial charge in [0.25, 0.3) is 0 Å². The van der Waals surface area contributed by atoms with Gasteiger partial charge in [0.1, 0.15) is 0 Å². The first-order chi connectivity index (χ1) is 14.5. The van der Waals surface area contributed by atoms with Gasteiger partial charge in [-0.1, -0.05) is 27.7 Å². The summed E-state index contributed by atoms with van der Waals surface area (Å²) in [4.78, 5) is 48.0. The lowest BCUT2D eigenvalue weighted by atomic mass is 9.65. The molecule has 2 aliphatic carbocycles. The lowest BCUT2D eigenvalue weighted by Gasteiger charge is -2.38. The number of carbonyl (C=O) groups is 4. The quantitative estimate of drug-likeness (QED) is 0.591. The van der Waals surface area contributed by atoms with Crippen molar-refractivity contribution in [1.82, 2.24) is 4.90 Å². The maximum atomic E-state index is 12.5. The first-order valence-electron chi connectivity index (χ1n) is 11.5. The van der Waals surface area contributed by atoms with E-state index in [2.05, 4.69) is 0 Å². The molecule has 4 atom stereocenters. The summed E-state index contributed by atoms with van der Waals surface area (Å²) in [6.07, 6.45) is 4.34. The van der Waals surface area contributed by atoms with Crippen molar-refractivity contribution in [3.8, 4) is 0 Å². The highest BCUT2D eigenvalue weighted by molar-refractivity contribution is 5.84. The highest BCUT2D eigenvalue weighted by atomic mass is 16.4. The van der Waals surface area contributed by atoms with E-state index in [1.54, 1.807) is 27.7 Å². The van der Waals surface area contributed by atoms with E-state index >= 15 is 0 Å². The van der Waals surface area contributed by atoms with Gasteiger partial charge >= 0.3 is 17.9 Å². The van der Waals surface area contributed by atoms with Crippen molar-refractivity contribution >= 4 is 23.8 Å². The second-order valence-corrected chi connectivity index (χ2v) is 11.3. The summed E-state index contributed by atoms with van der Waals surface area (Å²) in [5.41, 5.74) is -2.87. The Morgan fingerprint density at radius 2 is 1.06 bits per heavy atom. The number of hydrogen-bond donors (Lipinski definition) is 3. The fourth-order valence-electron chi connectivity index (χ4n) is 5.79. The van der Waals surface area contributed by atoms with E-state index in [1.165, 1.54) is 0 Å².